The molecule has 0 aliphatic heterocycles. The third-order valence-corrected chi connectivity index (χ3v) is 4.67. The van der Waals surface area contributed by atoms with E-state index in [1.807, 2.05) is 6.92 Å². The van der Waals surface area contributed by atoms with Crippen molar-refractivity contribution >= 4 is 5.78 Å². The van der Waals surface area contributed by atoms with Crippen LogP contribution in [0.5, 0.6) is 0 Å². The molecule has 0 saturated heterocycles. The van der Waals surface area contributed by atoms with Gasteiger partial charge in [-0.25, -0.2) is 0 Å². The maximum atomic E-state index is 12.5. The molecule has 2 atom stereocenters. The molecule has 0 heterocycles. The highest BCUT2D eigenvalue weighted by Gasteiger charge is 2.48. The number of allylic oxidation sites excluding steroid dienone is 4. The number of hydrogen-bond donors (Lipinski definition) is 0. The van der Waals surface area contributed by atoms with Gasteiger partial charge in [0, 0.05) is 17.9 Å². The summed E-state index contributed by atoms with van der Waals surface area (Å²) in [5.74, 6) is 1.57. The van der Waals surface area contributed by atoms with Crippen LogP contribution in [0.3, 0.4) is 0 Å². The normalized spacial score (nSPS) is 31.8. The summed E-state index contributed by atoms with van der Waals surface area (Å²) in [6, 6.07) is 0. The van der Waals surface area contributed by atoms with E-state index in [1.165, 1.54) is 11.1 Å². The molecule has 0 bridgehead atoms. The molecule has 18 heavy (non-hydrogen) atoms. The van der Waals surface area contributed by atoms with Gasteiger partial charge >= 0.3 is 0 Å². The van der Waals surface area contributed by atoms with Crippen LogP contribution >= 0.6 is 0 Å². The van der Waals surface area contributed by atoms with Crippen molar-refractivity contribution in [3.8, 4) is 0 Å². The molecule has 1 spiro atoms. The van der Waals surface area contributed by atoms with Crippen LogP contribution < -0.4 is 0 Å². The van der Waals surface area contributed by atoms with Gasteiger partial charge in [-0.3, -0.25) is 4.79 Å². The fraction of sp³-hybridized carbons (Fsp3) is 0.688. The van der Waals surface area contributed by atoms with E-state index in [-0.39, 0.29) is 5.41 Å². The highest BCUT2D eigenvalue weighted by atomic mass is 16.5. The molecule has 2 aliphatic carbocycles. The van der Waals surface area contributed by atoms with Crippen molar-refractivity contribution in [1.29, 1.82) is 0 Å². The highest BCUT2D eigenvalue weighted by Crippen LogP contribution is 2.52. The van der Waals surface area contributed by atoms with Crippen molar-refractivity contribution in [2.45, 2.75) is 53.4 Å². The minimum absolute atomic E-state index is 0.132. The first-order chi connectivity index (χ1) is 8.49. The molecule has 2 aliphatic rings. The number of hydrogen-bond acceptors (Lipinski definition) is 2. The van der Waals surface area contributed by atoms with Crippen molar-refractivity contribution in [2.75, 3.05) is 6.61 Å². The first kappa shape index (κ1) is 13.4. The van der Waals surface area contributed by atoms with Crippen molar-refractivity contribution in [2.24, 2.45) is 11.3 Å². The lowest BCUT2D eigenvalue weighted by Crippen LogP contribution is -2.37. The molecule has 0 aromatic rings. The molecule has 2 heteroatoms. The maximum Gasteiger partial charge on any atom is 0.165 e. The third-order valence-electron chi connectivity index (χ3n) is 4.67. The first-order valence-electron chi connectivity index (χ1n) is 7.02. The van der Waals surface area contributed by atoms with E-state index in [2.05, 4.69) is 20.8 Å². The summed E-state index contributed by atoms with van der Waals surface area (Å²) in [4.78, 5) is 12.5. The lowest BCUT2D eigenvalue weighted by molar-refractivity contribution is -0.127. The summed E-state index contributed by atoms with van der Waals surface area (Å²) in [6.07, 6.45) is 5.75. The monoisotopic (exact) mass is 248 g/mol. The molecule has 0 radical (unpaired) electrons. The lowest BCUT2D eigenvalue weighted by Gasteiger charge is -2.36. The van der Waals surface area contributed by atoms with Gasteiger partial charge in [-0.2, -0.15) is 0 Å². The first-order valence-corrected chi connectivity index (χ1v) is 7.02. The zero-order chi connectivity index (χ0) is 13.3. The Morgan fingerprint density at radius 2 is 2.22 bits per heavy atom. The molecule has 0 N–H and O–H groups in total. The molecule has 100 valence electrons. The molecular weight excluding hydrogens is 224 g/mol. The van der Waals surface area contributed by atoms with Crippen molar-refractivity contribution < 1.29 is 9.53 Å². The van der Waals surface area contributed by atoms with Crippen LogP contribution in [0.2, 0.25) is 0 Å². The number of ether oxygens (including phenoxy) is 1. The minimum Gasteiger partial charge on any atom is -0.498 e. The average Bonchev–Trinajstić information content (AvgIpc) is 2.73. The zero-order valence-electron chi connectivity index (χ0n) is 12.0. The molecule has 0 amide bonds. The Kier molecular flexibility index (Phi) is 3.65. The fourth-order valence-electron chi connectivity index (χ4n) is 3.36. The Morgan fingerprint density at radius 3 is 2.72 bits per heavy atom. The van der Waals surface area contributed by atoms with Crippen LogP contribution in [0.4, 0.5) is 0 Å². The van der Waals surface area contributed by atoms with Crippen molar-refractivity contribution in [3.63, 3.8) is 0 Å². The second-order valence-corrected chi connectivity index (χ2v) is 5.95. The van der Waals surface area contributed by atoms with Gasteiger partial charge in [0.2, 0.25) is 0 Å². The summed E-state index contributed by atoms with van der Waals surface area (Å²) >= 11 is 0. The average molecular weight is 248 g/mol. The minimum atomic E-state index is -0.132. The van der Waals surface area contributed by atoms with E-state index in [1.54, 1.807) is 6.08 Å². The molecule has 0 unspecified atom stereocenters. The number of carbonyl (C=O) groups is 1. The highest BCUT2D eigenvalue weighted by molar-refractivity contribution is 5.97. The van der Waals surface area contributed by atoms with Gasteiger partial charge < -0.3 is 4.74 Å². The summed E-state index contributed by atoms with van der Waals surface area (Å²) in [5.41, 5.74) is 2.75. The van der Waals surface area contributed by atoms with Crippen LogP contribution in [-0.2, 0) is 9.53 Å². The predicted molar refractivity (Wildman–Crippen MR) is 73.2 cm³/mol. The summed E-state index contributed by atoms with van der Waals surface area (Å²) < 4.78 is 5.53. The van der Waals surface area contributed by atoms with Crippen LogP contribution in [-0.4, -0.2) is 12.4 Å². The Morgan fingerprint density at radius 1 is 1.50 bits per heavy atom. The smallest absolute Gasteiger partial charge is 0.165 e. The lowest BCUT2D eigenvalue weighted by atomic mass is 9.67. The Hall–Kier alpha value is -1.05. The van der Waals surface area contributed by atoms with Gasteiger partial charge in [0.05, 0.1) is 12.4 Å². The van der Waals surface area contributed by atoms with E-state index >= 15 is 0 Å². The maximum absolute atomic E-state index is 12.5. The predicted octanol–water partition coefficient (Wildman–Crippen LogP) is 4.02. The zero-order valence-corrected chi connectivity index (χ0v) is 12.0. The summed E-state index contributed by atoms with van der Waals surface area (Å²) in [5, 5.41) is 0. The molecule has 1 fully saturated rings. The third kappa shape index (κ3) is 2.13. The van der Waals surface area contributed by atoms with Crippen LogP contribution in [0.1, 0.15) is 53.4 Å². The van der Waals surface area contributed by atoms with Gasteiger partial charge in [0.25, 0.3) is 0 Å². The number of rotatable bonds is 2. The van der Waals surface area contributed by atoms with Gasteiger partial charge in [0.1, 0.15) is 0 Å². The Labute approximate surface area is 110 Å². The Bertz CT molecular complexity index is 413. The van der Waals surface area contributed by atoms with Crippen molar-refractivity contribution in [3.05, 3.63) is 23.0 Å². The second kappa shape index (κ2) is 4.91. The standard InChI is InChI=1S/C16H24O2/c1-5-18-14-8-12(4)16(15(17)9-14)7-6-13(10-16)11(2)3/h9,12H,5-8,10H2,1-4H3/t12-,16-/m1/s1. The fourth-order valence-corrected chi connectivity index (χ4v) is 3.36. The van der Waals surface area contributed by atoms with Crippen molar-refractivity contribution in [1.82, 2.24) is 0 Å². The molecule has 0 aromatic heterocycles. The van der Waals surface area contributed by atoms with Crippen LogP contribution in [0, 0.1) is 11.3 Å². The van der Waals surface area contributed by atoms with E-state index < -0.39 is 0 Å². The summed E-state index contributed by atoms with van der Waals surface area (Å²) in [6.45, 7) is 9.15. The topological polar surface area (TPSA) is 26.3 Å². The van der Waals surface area contributed by atoms with E-state index in [0.29, 0.717) is 18.3 Å². The van der Waals surface area contributed by atoms with Crippen LogP contribution in [0.25, 0.3) is 0 Å². The van der Waals surface area contributed by atoms with E-state index in [9.17, 15) is 4.79 Å². The van der Waals surface area contributed by atoms with Gasteiger partial charge in [0.15, 0.2) is 5.78 Å². The van der Waals surface area contributed by atoms with Crippen LogP contribution in [0.15, 0.2) is 23.0 Å². The second-order valence-electron chi connectivity index (χ2n) is 5.95. The quantitative estimate of drug-likeness (QED) is 0.690. The number of carbonyl (C=O) groups excluding carboxylic acids is 1. The largest absolute Gasteiger partial charge is 0.498 e. The van der Waals surface area contributed by atoms with Gasteiger partial charge in [-0.1, -0.05) is 18.1 Å². The number of ketones is 1. The van der Waals surface area contributed by atoms with E-state index in [4.69, 9.17) is 4.74 Å². The van der Waals surface area contributed by atoms with Gasteiger partial charge in [-0.05, 0) is 46.0 Å². The summed E-state index contributed by atoms with van der Waals surface area (Å²) in [7, 11) is 0. The Balaban J connectivity index is 2.26. The van der Waals surface area contributed by atoms with Gasteiger partial charge in [-0.15, -0.1) is 0 Å². The SMILES string of the molecule is CCOC1=CC(=O)[C@@]2(CCC(=C(C)C)C2)[C@H](C)C1. The molecule has 1 saturated carbocycles. The molecule has 2 nitrogen and oxygen atoms in total. The molecule has 0 aromatic carbocycles. The molecule has 2 rings (SSSR count). The van der Waals surface area contributed by atoms with E-state index in [0.717, 1.165) is 31.4 Å². The molecular formula is C16H24O2.